The third-order valence-corrected chi connectivity index (χ3v) is 12.6. The molecule has 0 amide bonds. The highest BCUT2D eigenvalue weighted by atomic mass is 16.3. The largest absolute Gasteiger partial charge is 0.454 e. The lowest BCUT2D eigenvalue weighted by Gasteiger charge is -2.28. The van der Waals surface area contributed by atoms with Gasteiger partial charge in [0.2, 0.25) is 0 Å². The first kappa shape index (κ1) is 36.7. The second-order valence-corrected chi connectivity index (χ2v) is 16.1. The van der Waals surface area contributed by atoms with Crippen molar-refractivity contribution in [2.75, 3.05) is 9.80 Å². The fraction of sp³-hybridized carbons (Fsp3) is 0.0714. The lowest BCUT2D eigenvalue weighted by atomic mass is 9.96. The summed E-state index contributed by atoms with van der Waals surface area (Å²) in [6.07, 6.45) is 0. The minimum absolute atomic E-state index is 0.270. The van der Waals surface area contributed by atoms with Crippen LogP contribution in [0.3, 0.4) is 0 Å². The van der Waals surface area contributed by atoms with Crippen LogP contribution in [-0.2, 0) is 0 Å². The zero-order chi connectivity index (χ0) is 42.2. The Labute approximate surface area is 358 Å². The number of furan rings is 2. The second kappa shape index (κ2) is 14.2. The van der Waals surface area contributed by atoms with Crippen molar-refractivity contribution < 1.29 is 8.83 Å². The van der Waals surface area contributed by atoms with Gasteiger partial charge in [-0.1, -0.05) is 72.8 Å². The van der Waals surface area contributed by atoms with Gasteiger partial charge in [-0.05, 0) is 156 Å². The molecular weight excluding hydrogens is 761 g/mol. The van der Waals surface area contributed by atoms with Gasteiger partial charge in [0.05, 0.1) is 5.56 Å². The molecule has 6 nitrogen and oxygen atoms in total. The van der Waals surface area contributed by atoms with E-state index >= 15 is 0 Å². The molecule has 0 saturated carbocycles. The van der Waals surface area contributed by atoms with Crippen molar-refractivity contribution in [2.24, 2.45) is 0 Å². The van der Waals surface area contributed by atoms with Crippen molar-refractivity contribution in [2.45, 2.75) is 27.7 Å². The predicted molar refractivity (Wildman–Crippen MR) is 254 cm³/mol. The number of aryl methyl sites for hydroxylation is 2. The summed E-state index contributed by atoms with van der Waals surface area (Å²) in [5, 5.41) is 28.4. The van der Waals surface area contributed by atoms with E-state index < -0.39 is 0 Å². The van der Waals surface area contributed by atoms with Crippen LogP contribution in [0.1, 0.15) is 33.4 Å². The molecule has 0 spiro atoms. The van der Waals surface area contributed by atoms with Crippen LogP contribution < -0.4 is 9.80 Å². The normalized spacial score (nSPS) is 11.5. The first-order valence-electron chi connectivity index (χ1n) is 20.7. The molecule has 0 aliphatic rings. The van der Waals surface area contributed by atoms with Gasteiger partial charge in [-0.15, -0.1) is 0 Å². The van der Waals surface area contributed by atoms with E-state index in [9.17, 15) is 10.5 Å². The van der Waals surface area contributed by atoms with Crippen molar-refractivity contribution in [3.63, 3.8) is 0 Å². The Kier molecular flexibility index (Phi) is 8.39. The molecule has 0 saturated heterocycles. The van der Waals surface area contributed by atoms with E-state index in [1.165, 1.54) is 22.3 Å². The summed E-state index contributed by atoms with van der Waals surface area (Å²) in [5.74, 6) is 0. The zero-order valence-electron chi connectivity index (χ0n) is 34.6. The minimum Gasteiger partial charge on any atom is -0.454 e. The number of nitriles is 2. The van der Waals surface area contributed by atoms with Crippen molar-refractivity contribution in [3.05, 3.63) is 191 Å². The van der Waals surface area contributed by atoms with Gasteiger partial charge in [-0.25, -0.2) is 0 Å². The lowest BCUT2D eigenvalue weighted by molar-refractivity contribution is 0.654. The fourth-order valence-corrected chi connectivity index (χ4v) is 9.19. The van der Waals surface area contributed by atoms with E-state index in [-0.39, 0.29) is 5.56 Å². The zero-order valence-corrected chi connectivity index (χ0v) is 34.6. The SMILES string of the molecule is Cc1cccc(N(c2ccccc2)c2ccc3cc4c(cc3c2)oc2c(C#N)c3oc5cc6cc(N(c7ccccc7)c7cccc(C)c7C)ccc6cc5c3c(C#N)c24)c1C. The van der Waals surface area contributed by atoms with Crippen molar-refractivity contribution in [3.8, 4) is 12.1 Å². The van der Waals surface area contributed by atoms with Gasteiger partial charge in [0.1, 0.15) is 28.9 Å². The van der Waals surface area contributed by atoms with Crippen LogP contribution in [0, 0.1) is 50.4 Å². The topological polar surface area (TPSA) is 80.3 Å². The quantitative estimate of drug-likeness (QED) is 0.167. The molecule has 0 atom stereocenters. The predicted octanol–water partition coefficient (Wildman–Crippen LogP) is 15.7. The Morgan fingerprint density at radius 1 is 0.403 bits per heavy atom. The third-order valence-electron chi connectivity index (χ3n) is 12.6. The molecule has 0 unspecified atom stereocenters. The highest BCUT2D eigenvalue weighted by molar-refractivity contribution is 6.24. The summed E-state index contributed by atoms with van der Waals surface area (Å²) >= 11 is 0. The molecule has 0 aliphatic carbocycles. The van der Waals surface area contributed by atoms with Gasteiger partial charge in [-0.2, -0.15) is 10.5 Å². The average Bonchev–Trinajstić information content (AvgIpc) is 3.85. The number of rotatable bonds is 6. The highest BCUT2D eigenvalue weighted by Gasteiger charge is 2.26. The van der Waals surface area contributed by atoms with Gasteiger partial charge < -0.3 is 18.6 Å². The summed E-state index contributed by atoms with van der Waals surface area (Å²) < 4.78 is 13.2. The number of anilines is 6. The molecule has 0 N–H and O–H groups in total. The molecule has 6 heteroatoms. The van der Waals surface area contributed by atoms with Gasteiger partial charge in [0.25, 0.3) is 0 Å². The van der Waals surface area contributed by atoms with Crippen LogP contribution in [0.5, 0.6) is 0 Å². The van der Waals surface area contributed by atoms with Gasteiger partial charge in [0, 0.05) is 55.7 Å². The Balaban J connectivity index is 1.08. The Morgan fingerprint density at radius 3 is 1.26 bits per heavy atom. The second-order valence-electron chi connectivity index (χ2n) is 16.1. The first-order chi connectivity index (χ1) is 30.3. The van der Waals surface area contributed by atoms with E-state index in [4.69, 9.17) is 8.83 Å². The Morgan fingerprint density at radius 2 is 0.839 bits per heavy atom. The Bertz CT molecular complexity index is 3490. The van der Waals surface area contributed by atoms with Gasteiger partial charge in [0.15, 0.2) is 11.2 Å². The van der Waals surface area contributed by atoms with Gasteiger partial charge >= 0.3 is 0 Å². The molecule has 11 aromatic rings. The molecule has 9 aromatic carbocycles. The van der Waals surface area contributed by atoms with Crippen molar-refractivity contribution in [1.29, 1.82) is 10.5 Å². The highest BCUT2D eigenvalue weighted by Crippen LogP contribution is 2.46. The fourth-order valence-electron chi connectivity index (χ4n) is 9.19. The molecule has 2 heterocycles. The maximum Gasteiger partial charge on any atom is 0.158 e. The monoisotopic (exact) mass is 798 g/mol. The molecule has 11 rings (SSSR count). The van der Waals surface area contributed by atoms with Crippen LogP contribution in [-0.4, -0.2) is 0 Å². The molecule has 0 radical (unpaired) electrons. The number of fused-ring (bicyclic) bond motifs is 8. The molecule has 62 heavy (non-hydrogen) atoms. The lowest BCUT2D eigenvalue weighted by Crippen LogP contribution is -2.11. The van der Waals surface area contributed by atoms with E-state index in [0.717, 1.165) is 66.4 Å². The van der Waals surface area contributed by atoms with Crippen LogP contribution >= 0.6 is 0 Å². The summed E-state index contributed by atoms with van der Waals surface area (Å²) in [5.41, 5.74) is 13.7. The van der Waals surface area contributed by atoms with Crippen LogP contribution in [0.2, 0.25) is 0 Å². The summed E-state index contributed by atoms with van der Waals surface area (Å²) in [4.78, 5) is 4.56. The van der Waals surface area contributed by atoms with E-state index in [2.05, 4.69) is 183 Å². The summed E-state index contributed by atoms with van der Waals surface area (Å²) in [6, 6.07) is 59.5. The number of para-hydroxylation sites is 2. The number of nitrogens with zero attached hydrogens (tertiary/aromatic N) is 4. The van der Waals surface area contributed by atoms with E-state index in [0.29, 0.717) is 38.7 Å². The Hall–Kier alpha value is -8.32. The molecule has 2 aromatic heterocycles. The number of hydrogen-bond donors (Lipinski definition) is 0. The first-order valence-corrected chi connectivity index (χ1v) is 20.7. The summed E-state index contributed by atoms with van der Waals surface area (Å²) in [7, 11) is 0. The number of hydrogen-bond acceptors (Lipinski definition) is 6. The standard InChI is InChI=1S/C56H38N4O2/c1-33-13-11-19-49(35(33)3)59(41-15-7-5-8-16-41)43-23-21-37-27-45-51(29-39(37)25-43)61-55-48(32-58)56-54(47(31-57)53(45)55)46-28-38-22-24-44(26-40(38)30-52(46)62-56)60(42-17-9-6-10-18-42)50-20-12-14-34(2)36(50)4/h5-30H,1-4H3. The number of benzene rings is 9. The van der Waals surface area contributed by atoms with Gasteiger partial charge in [-0.3, -0.25) is 0 Å². The van der Waals surface area contributed by atoms with E-state index in [1.807, 2.05) is 24.3 Å². The molecule has 0 aliphatic heterocycles. The third kappa shape index (κ3) is 5.62. The molecule has 294 valence electrons. The maximum absolute atomic E-state index is 11.0. The maximum atomic E-state index is 11.0. The van der Waals surface area contributed by atoms with Crippen LogP contribution in [0.15, 0.2) is 167 Å². The smallest absolute Gasteiger partial charge is 0.158 e. The minimum atomic E-state index is 0.270. The van der Waals surface area contributed by atoms with Crippen molar-refractivity contribution in [1.82, 2.24) is 0 Å². The molecular formula is C56H38N4O2. The van der Waals surface area contributed by atoms with Crippen LogP contribution in [0.25, 0.3) is 65.4 Å². The van der Waals surface area contributed by atoms with E-state index in [1.54, 1.807) is 0 Å². The van der Waals surface area contributed by atoms with Crippen LogP contribution in [0.4, 0.5) is 34.1 Å². The molecule has 0 fully saturated rings. The van der Waals surface area contributed by atoms with Crippen molar-refractivity contribution >= 4 is 99.5 Å². The molecule has 0 bridgehead atoms. The summed E-state index contributed by atoms with van der Waals surface area (Å²) in [6.45, 7) is 8.59. The average molecular weight is 799 g/mol.